The van der Waals surface area contributed by atoms with E-state index in [0.29, 0.717) is 39.2 Å². The Labute approximate surface area is 267 Å². The average molecular weight is 658 g/mol. The number of hydrogen-bond acceptors (Lipinski definition) is 6. The summed E-state index contributed by atoms with van der Waals surface area (Å²) in [6.07, 6.45) is 1.13. The van der Waals surface area contributed by atoms with Gasteiger partial charge in [0.05, 0.1) is 53.4 Å². The fourth-order valence-electron chi connectivity index (χ4n) is 5.36. The Kier molecular flexibility index (Phi) is 10.2. The van der Waals surface area contributed by atoms with Gasteiger partial charge in [-0.3, -0.25) is 14.6 Å². The Morgan fingerprint density at radius 2 is 1.62 bits per heavy atom. The molecule has 2 aromatic rings. The van der Waals surface area contributed by atoms with Gasteiger partial charge in [-0.05, 0) is 48.4 Å². The molecule has 45 heavy (non-hydrogen) atoms. The van der Waals surface area contributed by atoms with Crippen LogP contribution in [-0.4, -0.2) is 95.7 Å². The van der Waals surface area contributed by atoms with E-state index < -0.39 is 13.8 Å². The number of carboxylic acids is 1. The third-order valence-electron chi connectivity index (χ3n) is 7.81. The van der Waals surface area contributed by atoms with E-state index in [1.54, 1.807) is 18.2 Å². The number of rotatable bonds is 13. The van der Waals surface area contributed by atoms with E-state index in [0.717, 1.165) is 41.6 Å². The predicted molar refractivity (Wildman–Crippen MR) is 178 cm³/mol. The van der Waals surface area contributed by atoms with Crippen molar-refractivity contribution in [3.8, 4) is 28.2 Å². The Morgan fingerprint density at radius 1 is 0.933 bits per heavy atom. The lowest BCUT2D eigenvalue weighted by molar-refractivity contribution is -0.945. The second kappa shape index (κ2) is 13.4. The molecule has 0 saturated heterocycles. The predicted octanol–water partition coefficient (Wildman–Crippen LogP) is 4.56. The third kappa shape index (κ3) is 8.76. The summed E-state index contributed by atoms with van der Waals surface area (Å²) in [5.41, 5.74) is 1.70. The number of fused-ring (bicyclic) bond motifs is 2. The molecule has 0 unspecified atom stereocenters. The molecule has 0 fully saturated rings. The number of likely N-dealkylation sites (N-methyl/N-ethyl adjacent to an activating group) is 2. The molecule has 0 spiro atoms. The SMILES string of the molecule is CCC[N+](C)(C)CC[N+](C)(C)CCNC(=S)c1ccc(C(=O)O)c(-c2c3ccc(=O)cc-3oc3cc(OP(=O)(O)O)ccc23)c1. The first-order chi connectivity index (χ1) is 21.0. The Balaban J connectivity index is 1.70. The van der Waals surface area contributed by atoms with Crippen LogP contribution in [0.2, 0.25) is 0 Å². The highest BCUT2D eigenvalue weighted by atomic mass is 32.1. The summed E-state index contributed by atoms with van der Waals surface area (Å²) in [6, 6.07) is 13.2. The maximum absolute atomic E-state index is 12.4. The average Bonchev–Trinajstić information content (AvgIpc) is 2.93. The van der Waals surface area contributed by atoms with Crippen molar-refractivity contribution in [3.05, 3.63) is 75.9 Å². The fraction of sp³-hybridized carbons (Fsp3) is 0.344. The topological polar surface area (TPSA) is 146 Å². The Morgan fingerprint density at radius 3 is 2.27 bits per heavy atom. The zero-order chi connectivity index (χ0) is 33.2. The Hall–Kier alpha value is -3.64. The van der Waals surface area contributed by atoms with E-state index in [2.05, 4.69) is 40.4 Å². The van der Waals surface area contributed by atoms with Gasteiger partial charge in [0.15, 0.2) is 5.43 Å². The van der Waals surface area contributed by atoms with Gasteiger partial charge in [-0.2, -0.15) is 0 Å². The van der Waals surface area contributed by atoms with Crippen molar-refractivity contribution < 1.29 is 42.2 Å². The first-order valence-electron chi connectivity index (χ1n) is 14.5. The summed E-state index contributed by atoms with van der Waals surface area (Å²) in [5, 5.41) is 13.9. The van der Waals surface area contributed by atoms with Gasteiger partial charge in [-0.25, -0.2) is 9.36 Å². The molecular formula is C32H40N3O8PS+2. The highest BCUT2D eigenvalue weighted by Crippen LogP contribution is 2.44. The number of nitrogens with zero attached hydrogens (tertiary/aromatic N) is 2. The van der Waals surface area contributed by atoms with Crippen LogP contribution in [-0.2, 0) is 4.57 Å². The molecule has 4 N–H and O–H groups in total. The minimum Gasteiger partial charge on any atom is -0.478 e. The van der Waals surface area contributed by atoms with Crippen LogP contribution in [0.3, 0.4) is 0 Å². The quantitative estimate of drug-likeness (QED) is 0.0699. The fourth-order valence-corrected chi connectivity index (χ4v) is 5.98. The molecule has 240 valence electrons. The maximum Gasteiger partial charge on any atom is 0.524 e. The van der Waals surface area contributed by atoms with Gasteiger partial charge in [0, 0.05) is 34.2 Å². The second-order valence-corrected chi connectivity index (χ2v) is 14.0. The molecule has 0 amide bonds. The number of aromatic carboxylic acids is 1. The molecule has 0 aromatic heterocycles. The molecule has 4 rings (SSSR count). The normalized spacial score (nSPS) is 12.4. The molecule has 0 radical (unpaired) electrons. The molecule has 1 aliphatic carbocycles. The second-order valence-electron chi connectivity index (χ2n) is 12.5. The molecule has 1 heterocycles. The molecule has 11 nitrogen and oxygen atoms in total. The molecule has 0 bridgehead atoms. The summed E-state index contributed by atoms with van der Waals surface area (Å²) in [6.45, 7) is 6.82. The summed E-state index contributed by atoms with van der Waals surface area (Å²) in [5.74, 6) is -1.15. The highest BCUT2D eigenvalue weighted by molar-refractivity contribution is 7.80. The van der Waals surface area contributed by atoms with Crippen LogP contribution in [0.1, 0.15) is 29.3 Å². The summed E-state index contributed by atoms with van der Waals surface area (Å²) in [7, 11) is 4.02. The van der Waals surface area contributed by atoms with Crippen molar-refractivity contribution >= 4 is 42.0 Å². The molecule has 13 heteroatoms. The lowest BCUT2D eigenvalue weighted by Crippen LogP contribution is -2.53. The number of phosphoric acid groups is 1. The van der Waals surface area contributed by atoms with Gasteiger partial charge < -0.3 is 28.3 Å². The van der Waals surface area contributed by atoms with Crippen molar-refractivity contribution in [1.29, 1.82) is 0 Å². The number of phosphoric ester groups is 1. The Bertz CT molecular complexity index is 1810. The van der Waals surface area contributed by atoms with Crippen LogP contribution in [0, 0.1) is 0 Å². The van der Waals surface area contributed by atoms with E-state index >= 15 is 0 Å². The van der Waals surface area contributed by atoms with Gasteiger partial charge in [-0.15, -0.1) is 0 Å². The van der Waals surface area contributed by atoms with E-state index in [1.807, 2.05) is 0 Å². The van der Waals surface area contributed by atoms with Crippen LogP contribution in [0.15, 0.2) is 63.8 Å². The number of benzene rings is 3. The van der Waals surface area contributed by atoms with Crippen LogP contribution in [0.25, 0.3) is 33.4 Å². The van der Waals surface area contributed by atoms with Crippen molar-refractivity contribution in [1.82, 2.24) is 5.32 Å². The van der Waals surface area contributed by atoms with Gasteiger partial charge in [0.25, 0.3) is 0 Å². The largest absolute Gasteiger partial charge is 0.524 e. The number of carboxylic acid groups (broad SMARTS) is 1. The monoisotopic (exact) mass is 657 g/mol. The van der Waals surface area contributed by atoms with Gasteiger partial charge in [0.1, 0.15) is 35.2 Å². The van der Waals surface area contributed by atoms with Crippen molar-refractivity contribution in [3.63, 3.8) is 0 Å². The minimum atomic E-state index is -4.86. The highest BCUT2D eigenvalue weighted by Gasteiger charge is 2.25. The van der Waals surface area contributed by atoms with Crippen molar-refractivity contribution in [2.45, 2.75) is 13.3 Å². The van der Waals surface area contributed by atoms with Gasteiger partial charge >= 0.3 is 13.8 Å². The molecule has 2 aromatic carbocycles. The minimum absolute atomic E-state index is 0.00251. The third-order valence-corrected chi connectivity index (χ3v) is 8.64. The summed E-state index contributed by atoms with van der Waals surface area (Å²) >= 11 is 5.74. The first kappa shape index (κ1) is 34.2. The van der Waals surface area contributed by atoms with Gasteiger partial charge in [0.2, 0.25) is 0 Å². The maximum atomic E-state index is 12.4. The van der Waals surface area contributed by atoms with Crippen LogP contribution in [0.4, 0.5) is 0 Å². The van der Waals surface area contributed by atoms with E-state index in [9.17, 15) is 29.0 Å². The molecule has 0 atom stereocenters. The molecule has 1 aliphatic heterocycles. The number of hydrogen-bond donors (Lipinski definition) is 4. The lowest BCUT2D eigenvalue weighted by Gasteiger charge is -2.35. The van der Waals surface area contributed by atoms with Crippen molar-refractivity contribution in [2.24, 2.45) is 0 Å². The van der Waals surface area contributed by atoms with Gasteiger partial charge in [-0.1, -0.05) is 25.2 Å². The number of nitrogens with one attached hydrogen (secondary N) is 1. The smallest absolute Gasteiger partial charge is 0.478 e. The number of quaternary nitrogens is 2. The zero-order valence-electron chi connectivity index (χ0n) is 26.1. The van der Waals surface area contributed by atoms with E-state index in [-0.39, 0.29) is 28.1 Å². The van der Waals surface area contributed by atoms with Crippen molar-refractivity contribution in [2.75, 3.05) is 60.9 Å². The summed E-state index contributed by atoms with van der Waals surface area (Å²) < 4.78 is 23.9. The lowest BCUT2D eigenvalue weighted by atomic mass is 9.89. The molecular weight excluding hydrogens is 617 g/mol. The molecule has 0 saturated carbocycles. The first-order valence-corrected chi connectivity index (χ1v) is 16.5. The van der Waals surface area contributed by atoms with E-state index in [4.69, 9.17) is 21.2 Å². The standard InChI is InChI=1S/C32H38N3O8PS/c1-6-14-34(2,3)16-17-35(4,5)15-13-33-31(45)21-7-10-24(32(37)38)27(18-21)30-25-11-8-22(36)19-28(25)42-29-20-23(9-12-26(29)30)43-44(39,40)41/h7-12,18-20H,6,13-17H2,1-5H3,(H2-2,33,37,38,39,40,41,45)/p+2. The van der Waals surface area contributed by atoms with Crippen LogP contribution < -0.4 is 15.3 Å². The van der Waals surface area contributed by atoms with E-state index in [1.165, 1.54) is 36.4 Å². The zero-order valence-corrected chi connectivity index (χ0v) is 27.8. The number of thiocarbonyl (C=S) groups is 1. The number of carbonyl (C=O) groups is 1. The molecule has 2 aliphatic rings. The summed E-state index contributed by atoms with van der Waals surface area (Å²) in [4.78, 5) is 43.7. The van der Waals surface area contributed by atoms with Crippen LogP contribution in [0.5, 0.6) is 5.75 Å². The van der Waals surface area contributed by atoms with Crippen LogP contribution >= 0.6 is 20.0 Å².